The highest BCUT2D eigenvalue weighted by molar-refractivity contribution is 7.62. The second kappa shape index (κ2) is 5.51. The molecule has 0 aliphatic carbocycles. The predicted molar refractivity (Wildman–Crippen MR) is 68.0 cm³/mol. The van der Waals surface area contributed by atoms with E-state index in [1.54, 1.807) is 0 Å². The molecule has 0 bridgehead atoms. The average molecular weight is 224 g/mol. The van der Waals surface area contributed by atoms with Crippen LogP contribution < -0.4 is 0 Å². The molecule has 0 spiro atoms. The third-order valence-corrected chi connectivity index (χ3v) is 5.18. The van der Waals surface area contributed by atoms with Crippen LogP contribution in [0.25, 0.3) is 0 Å². The van der Waals surface area contributed by atoms with E-state index in [-0.39, 0.29) is 0 Å². The third kappa shape index (κ3) is 4.66. The van der Waals surface area contributed by atoms with E-state index in [1.165, 1.54) is 5.56 Å². The van der Waals surface area contributed by atoms with E-state index in [1.807, 2.05) is 24.9 Å². The highest BCUT2D eigenvalue weighted by atomic mass is 31.2. The summed E-state index contributed by atoms with van der Waals surface area (Å²) < 4.78 is 12.4. The zero-order chi connectivity index (χ0) is 11.3. The number of benzene rings is 1. The van der Waals surface area contributed by atoms with Crippen molar-refractivity contribution < 1.29 is 4.57 Å². The summed E-state index contributed by atoms with van der Waals surface area (Å²) in [4.78, 5) is 0. The second-order valence-corrected chi connectivity index (χ2v) is 7.91. The lowest BCUT2D eigenvalue weighted by Crippen LogP contribution is -2.02. The fourth-order valence-corrected chi connectivity index (χ4v) is 4.51. The molecule has 0 amide bonds. The Morgan fingerprint density at radius 2 is 1.87 bits per heavy atom. The van der Waals surface area contributed by atoms with E-state index < -0.39 is 7.14 Å². The third-order valence-electron chi connectivity index (χ3n) is 2.75. The molecule has 0 saturated carbocycles. The molecule has 84 valence electrons. The van der Waals surface area contributed by atoms with E-state index in [4.69, 9.17) is 0 Å². The number of hydrogen-bond acceptors (Lipinski definition) is 1. The van der Waals surface area contributed by atoms with Gasteiger partial charge >= 0.3 is 0 Å². The van der Waals surface area contributed by atoms with Crippen LogP contribution in [0.5, 0.6) is 0 Å². The smallest absolute Gasteiger partial charge is 0.0892 e. The van der Waals surface area contributed by atoms with Crippen molar-refractivity contribution in [3.63, 3.8) is 0 Å². The summed E-state index contributed by atoms with van der Waals surface area (Å²) in [6.07, 6.45) is 2.74. The van der Waals surface area contributed by atoms with Gasteiger partial charge in [-0.05, 0) is 18.1 Å². The summed E-state index contributed by atoms with van der Waals surface area (Å²) in [6, 6.07) is 10.1. The van der Waals surface area contributed by atoms with Crippen LogP contribution in [0.3, 0.4) is 0 Å². The quantitative estimate of drug-likeness (QED) is 0.684. The first-order valence-electron chi connectivity index (χ1n) is 5.63. The van der Waals surface area contributed by atoms with Crippen LogP contribution in [0.4, 0.5) is 0 Å². The van der Waals surface area contributed by atoms with Crippen molar-refractivity contribution in [1.29, 1.82) is 0 Å². The van der Waals surface area contributed by atoms with Crippen molar-refractivity contribution in [2.45, 2.75) is 26.4 Å². The highest BCUT2D eigenvalue weighted by Crippen LogP contribution is 2.46. The first-order valence-corrected chi connectivity index (χ1v) is 8.15. The fourth-order valence-electron chi connectivity index (χ4n) is 1.82. The Labute approximate surface area is 93.3 Å². The van der Waals surface area contributed by atoms with Gasteiger partial charge in [0, 0.05) is 12.3 Å². The van der Waals surface area contributed by atoms with Gasteiger partial charge in [-0.25, -0.2) is 0 Å². The first kappa shape index (κ1) is 12.5. The second-order valence-electron chi connectivity index (χ2n) is 4.64. The van der Waals surface area contributed by atoms with E-state index in [2.05, 4.69) is 26.0 Å². The monoisotopic (exact) mass is 224 g/mol. The Bertz CT molecular complexity index is 332. The number of hydrogen-bond donors (Lipinski definition) is 0. The molecule has 2 atom stereocenters. The normalized spacial score (nSPS) is 17.0. The van der Waals surface area contributed by atoms with Crippen molar-refractivity contribution >= 4 is 7.14 Å². The summed E-state index contributed by atoms with van der Waals surface area (Å²) >= 11 is 0. The average Bonchev–Trinajstić information content (AvgIpc) is 2.17. The Morgan fingerprint density at radius 1 is 1.27 bits per heavy atom. The maximum atomic E-state index is 12.4. The summed E-state index contributed by atoms with van der Waals surface area (Å²) in [5.41, 5.74) is 1.20. The molecule has 2 heteroatoms. The van der Waals surface area contributed by atoms with Crippen molar-refractivity contribution in [3.8, 4) is 0 Å². The standard InChI is InChI=1S/C13H21OP/c1-4-12(2)10-15(3,14)11-13-8-6-5-7-9-13/h5-9,12H,4,10-11H2,1-3H3/t12-,15-/m0/s1. The predicted octanol–water partition coefficient (Wildman–Crippen LogP) is 4.23. The van der Waals surface area contributed by atoms with Gasteiger partial charge in [0.15, 0.2) is 0 Å². The van der Waals surface area contributed by atoms with Crippen LogP contribution in [0.1, 0.15) is 25.8 Å². The van der Waals surface area contributed by atoms with Gasteiger partial charge < -0.3 is 4.57 Å². The Morgan fingerprint density at radius 3 is 2.40 bits per heavy atom. The van der Waals surface area contributed by atoms with Crippen molar-refractivity contribution in [3.05, 3.63) is 35.9 Å². The molecule has 1 nitrogen and oxygen atoms in total. The minimum absolute atomic E-state index is 0.574. The minimum Gasteiger partial charge on any atom is -0.323 e. The van der Waals surface area contributed by atoms with E-state index in [9.17, 15) is 4.57 Å². The summed E-state index contributed by atoms with van der Waals surface area (Å²) in [7, 11) is -1.99. The van der Waals surface area contributed by atoms with Crippen molar-refractivity contribution in [2.24, 2.45) is 5.92 Å². The maximum Gasteiger partial charge on any atom is 0.0892 e. The van der Waals surface area contributed by atoms with Crippen LogP contribution in [0.15, 0.2) is 30.3 Å². The van der Waals surface area contributed by atoms with Gasteiger partial charge in [0.2, 0.25) is 0 Å². The van der Waals surface area contributed by atoms with Crippen LogP contribution in [-0.4, -0.2) is 12.8 Å². The van der Waals surface area contributed by atoms with Gasteiger partial charge in [0.1, 0.15) is 0 Å². The zero-order valence-corrected chi connectivity index (χ0v) is 10.8. The van der Waals surface area contributed by atoms with Gasteiger partial charge in [-0.15, -0.1) is 0 Å². The molecule has 0 N–H and O–H groups in total. The first-order chi connectivity index (χ1) is 7.03. The SMILES string of the molecule is CC[C@H](C)C[P@](C)(=O)Cc1ccccc1. The molecule has 0 aromatic heterocycles. The van der Waals surface area contributed by atoms with Gasteiger partial charge in [0.25, 0.3) is 0 Å². The van der Waals surface area contributed by atoms with E-state index in [0.717, 1.165) is 18.7 Å². The molecule has 0 fully saturated rings. The highest BCUT2D eigenvalue weighted by Gasteiger charge is 2.18. The lowest BCUT2D eigenvalue weighted by molar-refractivity contribution is 0.556. The minimum atomic E-state index is -1.99. The summed E-state index contributed by atoms with van der Waals surface area (Å²) in [5.74, 6) is 0.574. The molecule has 15 heavy (non-hydrogen) atoms. The Balaban J connectivity index is 2.61. The Hall–Kier alpha value is -0.550. The molecule has 0 aliphatic rings. The topological polar surface area (TPSA) is 17.1 Å². The van der Waals surface area contributed by atoms with Gasteiger partial charge in [-0.1, -0.05) is 50.6 Å². The Kier molecular flexibility index (Phi) is 4.60. The molecule has 0 aliphatic heterocycles. The van der Waals surface area contributed by atoms with Crippen LogP contribution in [-0.2, 0) is 10.7 Å². The van der Waals surface area contributed by atoms with Gasteiger partial charge in [-0.3, -0.25) is 0 Å². The van der Waals surface area contributed by atoms with E-state index >= 15 is 0 Å². The molecule has 1 aromatic carbocycles. The van der Waals surface area contributed by atoms with Crippen molar-refractivity contribution in [1.82, 2.24) is 0 Å². The van der Waals surface area contributed by atoms with Crippen molar-refractivity contribution in [2.75, 3.05) is 12.8 Å². The molecule has 1 rings (SSSR count). The largest absolute Gasteiger partial charge is 0.323 e. The molecule has 0 heterocycles. The summed E-state index contributed by atoms with van der Waals surface area (Å²) in [6.45, 7) is 6.28. The fraction of sp³-hybridized carbons (Fsp3) is 0.538. The molecule has 0 unspecified atom stereocenters. The lowest BCUT2D eigenvalue weighted by atomic mass is 10.2. The summed E-state index contributed by atoms with van der Waals surface area (Å²) in [5, 5.41) is 0. The maximum absolute atomic E-state index is 12.4. The molecule has 0 saturated heterocycles. The molecular formula is C13H21OP. The molecular weight excluding hydrogens is 203 g/mol. The van der Waals surface area contributed by atoms with Gasteiger partial charge in [0.05, 0.1) is 7.14 Å². The molecule has 1 aromatic rings. The molecule has 0 radical (unpaired) electrons. The number of rotatable bonds is 5. The van der Waals surface area contributed by atoms with Crippen LogP contribution >= 0.6 is 7.14 Å². The van der Waals surface area contributed by atoms with Crippen LogP contribution in [0, 0.1) is 5.92 Å². The zero-order valence-electron chi connectivity index (χ0n) is 9.94. The van der Waals surface area contributed by atoms with Gasteiger partial charge in [-0.2, -0.15) is 0 Å². The van der Waals surface area contributed by atoms with E-state index in [0.29, 0.717) is 5.92 Å². The van der Waals surface area contributed by atoms with Crippen LogP contribution in [0.2, 0.25) is 0 Å². The lowest BCUT2D eigenvalue weighted by Gasteiger charge is -2.17.